The lowest BCUT2D eigenvalue weighted by Gasteiger charge is -2.35. The number of rotatable bonds is 5. The van der Waals surface area contributed by atoms with Crippen molar-refractivity contribution in [2.45, 2.75) is 53.0 Å². The summed E-state index contributed by atoms with van der Waals surface area (Å²) in [5.41, 5.74) is 7.00. The van der Waals surface area contributed by atoms with E-state index in [0.717, 1.165) is 53.0 Å². The van der Waals surface area contributed by atoms with Gasteiger partial charge in [-0.25, -0.2) is 4.99 Å². The summed E-state index contributed by atoms with van der Waals surface area (Å²) in [5, 5.41) is 0. The maximum absolute atomic E-state index is 12.7. The molecular weight excluding hydrogens is 430 g/mol. The molecule has 1 atom stereocenters. The molecule has 180 valence electrons. The van der Waals surface area contributed by atoms with Gasteiger partial charge in [-0.3, -0.25) is 9.78 Å². The van der Waals surface area contributed by atoms with Crippen molar-refractivity contribution in [3.05, 3.63) is 101 Å². The van der Waals surface area contributed by atoms with Gasteiger partial charge in [-0.05, 0) is 43.4 Å². The average molecular weight is 466 g/mol. The molecule has 1 heterocycles. The molecule has 4 nitrogen and oxygen atoms in total. The van der Waals surface area contributed by atoms with Crippen LogP contribution in [0.1, 0.15) is 62.4 Å². The van der Waals surface area contributed by atoms with Gasteiger partial charge in [0, 0.05) is 29.6 Å². The third kappa shape index (κ3) is 5.76. The molecule has 35 heavy (non-hydrogen) atoms. The maximum Gasteiger partial charge on any atom is 0.227 e. The second-order valence-corrected chi connectivity index (χ2v) is 10.4. The first-order valence-electron chi connectivity index (χ1n) is 12.4. The Labute approximate surface area is 209 Å². The van der Waals surface area contributed by atoms with Crippen molar-refractivity contribution in [2.75, 3.05) is 7.05 Å². The zero-order chi connectivity index (χ0) is 25.0. The number of hydrogen-bond donors (Lipinski definition) is 0. The summed E-state index contributed by atoms with van der Waals surface area (Å²) in [6.07, 6.45) is 6.87. The molecule has 0 bridgehead atoms. The fraction of sp³-hybridized carbons (Fsp3) is 0.323. The molecule has 1 aliphatic carbocycles. The van der Waals surface area contributed by atoms with E-state index in [-0.39, 0.29) is 17.4 Å². The van der Waals surface area contributed by atoms with Crippen LogP contribution >= 0.6 is 0 Å². The number of carbonyl (C=O) groups is 1. The molecule has 1 aromatic heterocycles. The molecule has 3 aromatic rings. The van der Waals surface area contributed by atoms with Gasteiger partial charge in [0.1, 0.15) is 0 Å². The van der Waals surface area contributed by atoms with Crippen molar-refractivity contribution < 1.29 is 4.79 Å². The zero-order valence-electron chi connectivity index (χ0n) is 21.5. The highest BCUT2D eigenvalue weighted by Crippen LogP contribution is 2.32. The summed E-state index contributed by atoms with van der Waals surface area (Å²) in [4.78, 5) is 24.5. The van der Waals surface area contributed by atoms with E-state index >= 15 is 0 Å². The molecule has 0 spiro atoms. The van der Waals surface area contributed by atoms with Gasteiger partial charge < -0.3 is 4.90 Å². The molecule has 0 radical (unpaired) electrons. The molecular formula is C31H35N3O. The van der Waals surface area contributed by atoms with Gasteiger partial charge in [-0.1, -0.05) is 87.5 Å². The summed E-state index contributed by atoms with van der Waals surface area (Å²) < 4.78 is 0. The number of allylic oxidation sites excluding steroid dienone is 1. The number of benzene rings is 2. The second-order valence-electron chi connectivity index (χ2n) is 10.4. The van der Waals surface area contributed by atoms with Crippen LogP contribution in [0.15, 0.2) is 84.0 Å². The van der Waals surface area contributed by atoms with Crippen LogP contribution in [0.3, 0.4) is 0 Å². The summed E-state index contributed by atoms with van der Waals surface area (Å²) in [7, 11) is 1.93. The highest BCUT2D eigenvalue weighted by atomic mass is 16.2. The average Bonchev–Trinajstić information content (AvgIpc) is 2.87. The van der Waals surface area contributed by atoms with Crippen molar-refractivity contribution in [3.63, 3.8) is 0 Å². The highest BCUT2D eigenvalue weighted by molar-refractivity contribution is 6.13. The molecule has 0 saturated carbocycles. The van der Waals surface area contributed by atoms with Crippen molar-refractivity contribution in [3.8, 4) is 0 Å². The lowest BCUT2D eigenvalue weighted by Crippen LogP contribution is -2.43. The normalized spacial score (nSPS) is 15.8. The zero-order valence-corrected chi connectivity index (χ0v) is 21.5. The number of aromatic nitrogens is 1. The molecule has 4 heteroatoms. The van der Waals surface area contributed by atoms with E-state index in [1.807, 2.05) is 75.3 Å². The molecule has 1 amide bonds. The SMILES string of the molecule is Cc1cc(N=C(c2ccccc2)c2ccccc2)cnc1C1=CC[C@H](N(C)C(=O)C(C)(C)C)CC1. The Morgan fingerprint density at radius 3 is 2.09 bits per heavy atom. The van der Waals surface area contributed by atoms with E-state index in [1.54, 1.807) is 0 Å². The highest BCUT2D eigenvalue weighted by Gasteiger charge is 2.30. The van der Waals surface area contributed by atoms with Gasteiger partial charge in [-0.15, -0.1) is 0 Å². The monoisotopic (exact) mass is 465 g/mol. The van der Waals surface area contributed by atoms with Gasteiger partial charge in [0.05, 0.1) is 23.3 Å². The minimum Gasteiger partial charge on any atom is -0.342 e. The van der Waals surface area contributed by atoms with Crippen molar-refractivity contribution in [2.24, 2.45) is 10.4 Å². The quantitative estimate of drug-likeness (QED) is 0.381. The van der Waals surface area contributed by atoms with E-state index < -0.39 is 0 Å². The van der Waals surface area contributed by atoms with Gasteiger partial charge in [-0.2, -0.15) is 0 Å². The third-order valence-corrected chi connectivity index (χ3v) is 6.60. The van der Waals surface area contributed by atoms with E-state index in [1.165, 1.54) is 5.57 Å². The van der Waals surface area contributed by atoms with Crippen LogP contribution < -0.4 is 0 Å². The lowest BCUT2D eigenvalue weighted by atomic mass is 9.88. The van der Waals surface area contributed by atoms with Crippen LogP contribution in [0, 0.1) is 12.3 Å². The Bertz CT molecular complexity index is 1200. The number of nitrogens with zero attached hydrogens (tertiary/aromatic N) is 3. The van der Waals surface area contributed by atoms with Crippen LogP contribution in [0.4, 0.5) is 5.69 Å². The van der Waals surface area contributed by atoms with Crippen molar-refractivity contribution >= 4 is 22.9 Å². The van der Waals surface area contributed by atoms with E-state index in [9.17, 15) is 4.79 Å². The standard InChI is InChI=1S/C31H35N3O/c1-22-20-26(33-29(23-12-8-6-9-13-23)24-14-10-7-11-15-24)21-32-28(22)25-16-18-27(19-17-25)34(5)30(35)31(2,3)4/h6-16,20-21,27H,17-19H2,1-5H3/t27-/m0/s1. The van der Waals surface area contributed by atoms with Crippen LogP contribution in [-0.2, 0) is 4.79 Å². The number of aryl methyl sites for hydroxylation is 1. The maximum atomic E-state index is 12.7. The fourth-order valence-electron chi connectivity index (χ4n) is 4.66. The molecule has 0 aliphatic heterocycles. The Morgan fingerprint density at radius 1 is 1.00 bits per heavy atom. The Kier molecular flexibility index (Phi) is 7.30. The van der Waals surface area contributed by atoms with Gasteiger partial charge in [0.15, 0.2) is 0 Å². The summed E-state index contributed by atoms with van der Waals surface area (Å²) in [5.74, 6) is 0.198. The van der Waals surface area contributed by atoms with Crippen LogP contribution in [0.5, 0.6) is 0 Å². The minimum absolute atomic E-state index is 0.198. The first-order chi connectivity index (χ1) is 16.7. The topological polar surface area (TPSA) is 45.6 Å². The molecule has 4 rings (SSSR count). The number of carbonyl (C=O) groups excluding carboxylic acids is 1. The number of hydrogen-bond acceptors (Lipinski definition) is 3. The number of aliphatic imine (C=N–C) groups is 1. The first-order valence-corrected chi connectivity index (χ1v) is 12.4. The molecule has 1 aliphatic rings. The third-order valence-electron chi connectivity index (χ3n) is 6.60. The summed E-state index contributed by atoms with van der Waals surface area (Å²) >= 11 is 0. The van der Waals surface area contributed by atoms with Crippen LogP contribution in [-0.4, -0.2) is 34.6 Å². The largest absolute Gasteiger partial charge is 0.342 e. The summed E-state index contributed by atoms with van der Waals surface area (Å²) in [6.45, 7) is 8.05. The van der Waals surface area contributed by atoms with Crippen LogP contribution in [0.2, 0.25) is 0 Å². The van der Waals surface area contributed by atoms with E-state index in [4.69, 9.17) is 9.98 Å². The van der Waals surface area contributed by atoms with Gasteiger partial charge in [0.25, 0.3) is 0 Å². The lowest BCUT2D eigenvalue weighted by molar-refractivity contribution is -0.140. The minimum atomic E-state index is -0.356. The number of amides is 1. The number of pyridine rings is 1. The van der Waals surface area contributed by atoms with Crippen molar-refractivity contribution in [1.82, 2.24) is 9.88 Å². The molecule has 2 aromatic carbocycles. The van der Waals surface area contributed by atoms with Crippen LogP contribution in [0.25, 0.3) is 5.57 Å². The molecule has 0 fully saturated rings. The second kappa shape index (κ2) is 10.4. The smallest absolute Gasteiger partial charge is 0.227 e. The van der Waals surface area contributed by atoms with E-state index in [2.05, 4.69) is 43.3 Å². The Hall–Kier alpha value is -3.53. The van der Waals surface area contributed by atoms with E-state index in [0.29, 0.717) is 0 Å². The predicted molar refractivity (Wildman–Crippen MR) is 145 cm³/mol. The Morgan fingerprint density at radius 2 is 1.60 bits per heavy atom. The van der Waals surface area contributed by atoms with Gasteiger partial charge >= 0.3 is 0 Å². The Balaban J connectivity index is 1.58. The molecule has 0 saturated heterocycles. The first kappa shape index (κ1) is 24.6. The molecule has 0 N–H and O–H groups in total. The van der Waals surface area contributed by atoms with Gasteiger partial charge in [0.2, 0.25) is 5.91 Å². The fourth-order valence-corrected chi connectivity index (χ4v) is 4.66. The predicted octanol–water partition coefficient (Wildman–Crippen LogP) is 7.00. The summed E-state index contributed by atoms with van der Waals surface area (Å²) in [6, 6.07) is 22.9. The molecule has 0 unspecified atom stereocenters. The van der Waals surface area contributed by atoms with Crippen molar-refractivity contribution in [1.29, 1.82) is 0 Å².